The van der Waals surface area contributed by atoms with Gasteiger partial charge >= 0.3 is 0 Å². The van der Waals surface area contributed by atoms with Gasteiger partial charge in [0.05, 0.1) is 16.7 Å². The van der Waals surface area contributed by atoms with Gasteiger partial charge < -0.3 is 13.9 Å². The number of aromatic nitrogens is 1. The van der Waals surface area contributed by atoms with Crippen molar-refractivity contribution in [1.29, 1.82) is 0 Å². The van der Waals surface area contributed by atoms with Crippen LogP contribution in [0.1, 0.15) is 0 Å². The summed E-state index contributed by atoms with van der Waals surface area (Å²) in [6, 6.07) is 87.1. The van der Waals surface area contributed by atoms with E-state index in [1.165, 1.54) is 44.1 Å². The van der Waals surface area contributed by atoms with Crippen molar-refractivity contribution in [1.82, 2.24) is 4.57 Å². The number of para-hydroxylation sites is 5. The van der Waals surface area contributed by atoms with Crippen LogP contribution in [0, 0.1) is 0 Å². The van der Waals surface area contributed by atoms with Crippen molar-refractivity contribution in [3.05, 3.63) is 243 Å². The van der Waals surface area contributed by atoms with Crippen molar-refractivity contribution >= 4 is 60.8 Å². The fourth-order valence-corrected chi connectivity index (χ4v) is 9.45. The molecule has 0 fully saturated rings. The molecule has 2 heterocycles. The van der Waals surface area contributed by atoms with Crippen LogP contribution in [0.2, 0.25) is 0 Å². The summed E-state index contributed by atoms with van der Waals surface area (Å²) in [5, 5.41) is 4.75. The van der Waals surface area contributed by atoms with E-state index in [4.69, 9.17) is 4.42 Å². The molecule has 63 heavy (non-hydrogen) atoms. The predicted molar refractivity (Wildman–Crippen MR) is 264 cm³/mol. The molecule has 2 aromatic heterocycles. The van der Waals surface area contributed by atoms with Crippen LogP contribution >= 0.6 is 0 Å². The molecule has 0 aliphatic carbocycles. The molecule has 0 aliphatic rings. The zero-order valence-corrected chi connectivity index (χ0v) is 34.4. The fourth-order valence-electron chi connectivity index (χ4n) is 9.45. The molecule has 0 radical (unpaired) electrons. The van der Waals surface area contributed by atoms with Gasteiger partial charge in [-0.1, -0.05) is 176 Å². The summed E-state index contributed by atoms with van der Waals surface area (Å²) in [4.78, 5) is 2.37. The molecule has 0 unspecified atom stereocenters. The van der Waals surface area contributed by atoms with Crippen molar-refractivity contribution in [2.45, 2.75) is 0 Å². The third kappa shape index (κ3) is 6.38. The van der Waals surface area contributed by atoms with Gasteiger partial charge in [-0.15, -0.1) is 0 Å². The molecule has 0 saturated carbocycles. The smallest absolute Gasteiger partial charge is 0.143 e. The normalized spacial score (nSPS) is 11.5. The molecule has 0 saturated heterocycles. The minimum atomic E-state index is 0.894. The Bertz CT molecular complexity index is 3580. The topological polar surface area (TPSA) is 21.3 Å². The molecule has 0 N–H and O–H groups in total. The van der Waals surface area contributed by atoms with Gasteiger partial charge in [0.15, 0.2) is 0 Å². The first-order valence-corrected chi connectivity index (χ1v) is 21.5. The maximum atomic E-state index is 6.54. The van der Waals surface area contributed by atoms with Crippen LogP contribution in [0.5, 0.6) is 0 Å². The largest absolute Gasteiger partial charge is 0.455 e. The second-order valence-corrected chi connectivity index (χ2v) is 16.1. The van der Waals surface area contributed by atoms with Crippen molar-refractivity contribution in [3.63, 3.8) is 0 Å². The SMILES string of the molecule is c1ccc(-c2cccc(-c3cccc(N(c4ccc(-c5ccccc5-n5c6ccccc6c6ccccc65)cc4)c4cccc(-c5cccc6c5oc5ccccc56)c4)c3)c2)cc1. The lowest BCUT2D eigenvalue weighted by molar-refractivity contribution is 0.670. The molecular formula is C60H40N2O. The van der Waals surface area contributed by atoms with Gasteiger partial charge in [-0.25, -0.2) is 0 Å². The summed E-state index contributed by atoms with van der Waals surface area (Å²) in [5.74, 6) is 0. The maximum Gasteiger partial charge on any atom is 0.143 e. The van der Waals surface area contributed by atoms with Crippen LogP contribution in [0.25, 0.3) is 93.9 Å². The van der Waals surface area contributed by atoms with Crippen molar-refractivity contribution in [3.8, 4) is 50.2 Å². The molecule has 0 aliphatic heterocycles. The highest BCUT2D eigenvalue weighted by Crippen LogP contribution is 2.43. The Kier molecular flexibility index (Phi) is 8.83. The summed E-state index contributed by atoms with van der Waals surface area (Å²) < 4.78 is 8.95. The standard InChI is InChI=1S/C60H40N2O/c1-2-16-41(17-3-1)43-18-12-19-44(38-43)45-20-13-22-48(39-45)61(49-23-14-21-46(40-49)51-28-15-29-55-54-27-7-11-33-59(54)63-60(51)55)47-36-34-42(35-37-47)50-24-4-8-30-56(50)62-57-31-9-5-25-52(57)53-26-6-10-32-58(53)62/h1-40H. The Hall–Kier alpha value is -8.40. The van der Waals surface area contributed by atoms with Gasteiger partial charge in [-0.05, 0) is 100 Å². The molecule has 0 bridgehead atoms. The number of nitrogens with zero attached hydrogens (tertiary/aromatic N) is 2. The zero-order valence-electron chi connectivity index (χ0n) is 34.4. The second kappa shape index (κ2) is 15.3. The number of hydrogen-bond acceptors (Lipinski definition) is 2. The molecule has 10 aromatic carbocycles. The minimum absolute atomic E-state index is 0.894. The number of benzene rings is 10. The van der Waals surface area contributed by atoms with E-state index in [0.717, 1.165) is 66.9 Å². The van der Waals surface area contributed by atoms with E-state index in [1.807, 2.05) is 12.1 Å². The Balaban J connectivity index is 0.993. The van der Waals surface area contributed by atoms with E-state index in [-0.39, 0.29) is 0 Å². The average molecular weight is 805 g/mol. The molecular weight excluding hydrogens is 765 g/mol. The van der Waals surface area contributed by atoms with Crippen molar-refractivity contribution < 1.29 is 4.42 Å². The lowest BCUT2D eigenvalue weighted by Crippen LogP contribution is -2.10. The summed E-state index contributed by atoms with van der Waals surface area (Å²) in [6.45, 7) is 0. The van der Waals surface area contributed by atoms with Crippen LogP contribution in [0.3, 0.4) is 0 Å². The molecule has 3 heteroatoms. The Morgan fingerprint density at radius 2 is 0.810 bits per heavy atom. The summed E-state index contributed by atoms with van der Waals surface area (Å²) in [7, 11) is 0. The van der Waals surface area contributed by atoms with E-state index in [9.17, 15) is 0 Å². The fraction of sp³-hybridized carbons (Fsp3) is 0. The predicted octanol–water partition coefficient (Wildman–Crippen LogP) is 16.8. The molecule has 296 valence electrons. The minimum Gasteiger partial charge on any atom is -0.455 e. The molecule has 3 nitrogen and oxygen atoms in total. The first kappa shape index (κ1) is 36.5. The van der Waals surface area contributed by atoms with Crippen molar-refractivity contribution in [2.24, 2.45) is 0 Å². The molecule has 0 amide bonds. The first-order chi connectivity index (χ1) is 31.2. The van der Waals surface area contributed by atoms with Crippen LogP contribution < -0.4 is 4.90 Å². The van der Waals surface area contributed by atoms with Gasteiger partial charge in [0.1, 0.15) is 11.2 Å². The highest BCUT2D eigenvalue weighted by atomic mass is 16.3. The summed E-state index contributed by atoms with van der Waals surface area (Å²) in [5.41, 5.74) is 17.7. The quantitative estimate of drug-likeness (QED) is 0.153. The second-order valence-electron chi connectivity index (χ2n) is 16.1. The molecule has 12 rings (SSSR count). The highest BCUT2D eigenvalue weighted by molar-refractivity contribution is 6.11. The number of furan rings is 1. The third-order valence-electron chi connectivity index (χ3n) is 12.4. The van der Waals surface area contributed by atoms with Crippen LogP contribution in [-0.2, 0) is 0 Å². The van der Waals surface area contributed by atoms with E-state index in [0.29, 0.717) is 0 Å². The lowest BCUT2D eigenvalue weighted by atomic mass is 9.98. The van der Waals surface area contributed by atoms with Crippen LogP contribution in [0.4, 0.5) is 17.1 Å². The number of rotatable bonds is 8. The lowest BCUT2D eigenvalue weighted by Gasteiger charge is -2.27. The average Bonchev–Trinajstić information content (AvgIpc) is 3.91. The summed E-state index contributed by atoms with van der Waals surface area (Å²) in [6.07, 6.45) is 0. The van der Waals surface area contributed by atoms with Crippen LogP contribution in [-0.4, -0.2) is 4.57 Å². The Labute approximate surface area is 366 Å². The third-order valence-corrected chi connectivity index (χ3v) is 12.4. The Morgan fingerprint density at radius 3 is 1.56 bits per heavy atom. The van der Waals surface area contributed by atoms with E-state index >= 15 is 0 Å². The van der Waals surface area contributed by atoms with Crippen LogP contribution in [0.15, 0.2) is 247 Å². The van der Waals surface area contributed by atoms with Gasteiger partial charge in [-0.2, -0.15) is 0 Å². The van der Waals surface area contributed by atoms with E-state index in [1.54, 1.807) is 0 Å². The van der Waals surface area contributed by atoms with Gasteiger partial charge in [-0.3, -0.25) is 0 Å². The van der Waals surface area contributed by atoms with E-state index < -0.39 is 0 Å². The maximum absolute atomic E-state index is 6.54. The zero-order chi connectivity index (χ0) is 41.7. The Morgan fingerprint density at radius 1 is 0.302 bits per heavy atom. The monoisotopic (exact) mass is 804 g/mol. The van der Waals surface area contributed by atoms with E-state index in [2.05, 4.69) is 240 Å². The molecule has 0 atom stereocenters. The molecule has 12 aromatic rings. The summed E-state index contributed by atoms with van der Waals surface area (Å²) >= 11 is 0. The molecule has 0 spiro atoms. The number of fused-ring (bicyclic) bond motifs is 6. The van der Waals surface area contributed by atoms with Gasteiger partial charge in [0, 0.05) is 49.7 Å². The number of anilines is 3. The first-order valence-electron chi connectivity index (χ1n) is 21.5. The van der Waals surface area contributed by atoms with Gasteiger partial charge in [0.25, 0.3) is 0 Å². The highest BCUT2D eigenvalue weighted by Gasteiger charge is 2.19. The van der Waals surface area contributed by atoms with Gasteiger partial charge in [0.2, 0.25) is 0 Å². The number of hydrogen-bond donors (Lipinski definition) is 0. The van der Waals surface area contributed by atoms with Crippen molar-refractivity contribution in [2.75, 3.05) is 4.90 Å².